The Labute approximate surface area is 144 Å². The van der Waals surface area contributed by atoms with Gasteiger partial charge < -0.3 is 10.6 Å². The average Bonchev–Trinajstić information content (AvgIpc) is 2.57. The number of halogens is 2. The number of aromatic nitrogens is 3. The Morgan fingerprint density at radius 2 is 1.88 bits per heavy atom. The molecule has 122 valence electrons. The molecule has 0 amide bonds. The first kappa shape index (κ1) is 16.1. The number of aryl methyl sites for hydroxylation is 1. The summed E-state index contributed by atoms with van der Waals surface area (Å²) >= 11 is 5.79. The predicted molar refractivity (Wildman–Crippen MR) is 93.0 cm³/mol. The van der Waals surface area contributed by atoms with Crippen molar-refractivity contribution in [1.29, 1.82) is 0 Å². The highest BCUT2D eigenvalue weighted by atomic mass is 35.5. The molecule has 7 heteroatoms. The molecule has 0 saturated heterocycles. The molecule has 0 bridgehead atoms. The van der Waals surface area contributed by atoms with E-state index in [4.69, 9.17) is 11.6 Å². The van der Waals surface area contributed by atoms with Crippen LogP contribution in [0.1, 0.15) is 11.3 Å². The molecule has 0 atom stereocenters. The molecule has 0 aliphatic carbocycles. The van der Waals surface area contributed by atoms with Crippen LogP contribution in [0.3, 0.4) is 0 Å². The fourth-order valence-corrected chi connectivity index (χ4v) is 2.30. The Morgan fingerprint density at radius 3 is 2.62 bits per heavy atom. The summed E-state index contributed by atoms with van der Waals surface area (Å²) in [6.07, 6.45) is 3.47. The molecule has 0 spiro atoms. The number of benzene rings is 1. The van der Waals surface area contributed by atoms with Gasteiger partial charge in [0.05, 0.1) is 5.02 Å². The Hall–Kier alpha value is -2.73. The van der Waals surface area contributed by atoms with Crippen LogP contribution in [-0.4, -0.2) is 15.0 Å². The van der Waals surface area contributed by atoms with Crippen LogP contribution in [0.4, 0.5) is 21.8 Å². The average molecular weight is 344 g/mol. The van der Waals surface area contributed by atoms with E-state index in [1.165, 1.54) is 12.1 Å². The van der Waals surface area contributed by atoms with Crippen molar-refractivity contribution in [3.8, 4) is 0 Å². The van der Waals surface area contributed by atoms with E-state index in [1.807, 2.05) is 19.1 Å². The fraction of sp³-hybridized carbons (Fsp3) is 0.118. The predicted octanol–water partition coefficient (Wildman–Crippen LogP) is 4.33. The van der Waals surface area contributed by atoms with Gasteiger partial charge in [-0.05, 0) is 42.8 Å². The second-order valence-electron chi connectivity index (χ2n) is 5.18. The van der Waals surface area contributed by atoms with Gasteiger partial charge >= 0.3 is 0 Å². The van der Waals surface area contributed by atoms with Crippen LogP contribution in [0.15, 0.2) is 48.8 Å². The summed E-state index contributed by atoms with van der Waals surface area (Å²) < 4.78 is 13.2. The van der Waals surface area contributed by atoms with Crippen LogP contribution in [-0.2, 0) is 6.54 Å². The second kappa shape index (κ2) is 7.23. The summed E-state index contributed by atoms with van der Waals surface area (Å²) in [6, 6.07) is 10.1. The fourth-order valence-electron chi connectivity index (χ4n) is 2.12. The lowest BCUT2D eigenvalue weighted by Crippen LogP contribution is -2.06. The number of anilines is 3. The van der Waals surface area contributed by atoms with Crippen LogP contribution < -0.4 is 10.6 Å². The third kappa shape index (κ3) is 4.17. The molecule has 2 heterocycles. The molecule has 2 N–H and O–H groups in total. The lowest BCUT2D eigenvalue weighted by atomic mass is 10.3. The molecule has 5 nitrogen and oxygen atoms in total. The van der Waals surface area contributed by atoms with Crippen molar-refractivity contribution in [3.63, 3.8) is 0 Å². The van der Waals surface area contributed by atoms with Crippen LogP contribution in [0.25, 0.3) is 0 Å². The number of nitrogens with one attached hydrogen (secondary N) is 2. The molecule has 0 fully saturated rings. The SMILES string of the molecule is Cc1cc(Nc2ccc(F)c(Cl)c2)nc(NCc2ccncc2)n1. The van der Waals surface area contributed by atoms with E-state index < -0.39 is 5.82 Å². The maximum absolute atomic E-state index is 13.2. The summed E-state index contributed by atoms with van der Waals surface area (Å²) in [6.45, 7) is 2.47. The van der Waals surface area contributed by atoms with Gasteiger partial charge in [0.1, 0.15) is 11.6 Å². The number of nitrogens with zero attached hydrogens (tertiary/aromatic N) is 3. The Morgan fingerprint density at radius 1 is 1.08 bits per heavy atom. The molecule has 3 rings (SSSR count). The number of rotatable bonds is 5. The summed E-state index contributed by atoms with van der Waals surface area (Å²) in [4.78, 5) is 12.8. The summed E-state index contributed by atoms with van der Waals surface area (Å²) in [5.74, 6) is 0.644. The number of pyridine rings is 1. The summed E-state index contributed by atoms with van der Waals surface area (Å²) in [5.41, 5.74) is 2.53. The maximum Gasteiger partial charge on any atom is 0.225 e. The maximum atomic E-state index is 13.2. The molecule has 3 aromatic rings. The largest absolute Gasteiger partial charge is 0.350 e. The molecule has 24 heavy (non-hydrogen) atoms. The summed E-state index contributed by atoms with van der Waals surface area (Å²) in [5, 5.41) is 6.33. The van der Waals surface area contributed by atoms with Crippen molar-refractivity contribution >= 4 is 29.1 Å². The zero-order chi connectivity index (χ0) is 16.9. The van der Waals surface area contributed by atoms with Crippen LogP contribution in [0.5, 0.6) is 0 Å². The first-order valence-electron chi connectivity index (χ1n) is 7.31. The second-order valence-corrected chi connectivity index (χ2v) is 5.59. The molecule has 0 saturated carbocycles. The highest BCUT2D eigenvalue weighted by Gasteiger charge is 2.05. The quantitative estimate of drug-likeness (QED) is 0.722. The zero-order valence-electron chi connectivity index (χ0n) is 12.9. The zero-order valence-corrected chi connectivity index (χ0v) is 13.7. The monoisotopic (exact) mass is 343 g/mol. The molecule has 0 unspecified atom stereocenters. The van der Waals surface area contributed by atoms with Gasteiger partial charge in [0.25, 0.3) is 0 Å². The van der Waals surface area contributed by atoms with Crippen molar-refractivity contribution in [1.82, 2.24) is 15.0 Å². The van der Waals surface area contributed by atoms with Crippen LogP contribution in [0.2, 0.25) is 5.02 Å². The minimum Gasteiger partial charge on any atom is -0.350 e. The lowest BCUT2D eigenvalue weighted by molar-refractivity contribution is 0.628. The molecular formula is C17H15ClFN5. The first-order chi connectivity index (χ1) is 11.6. The van der Waals surface area contributed by atoms with Crippen molar-refractivity contribution < 1.29 is 4.39 Å². The minimum absolute atomic E-state index is 0.0572. The first-order valence-corrected chi connectivity index (χ1v) is 7.68. The van der Waals surface area contributed by atoms with E-state index in [1.54, 1.807) is 24.5 Å². The van der Waals surface area contributed by atoms with E-state index in [9.17, 15) is 4.39 Å². The van der Waals surface area contributed by atoms with Gasteiger partial charge in [-0.15, -0.1) is 0 Å². The number of hydrogen-bond acceptors (Lipinski definition) is 5. The number of hydrogen-bond donors (Lipinski definition) is 2. The van der Waals surface area contributed by atoms with Crippen LogP contribution >= 0.6 is 11.6 Å². The molecule has 0 aliphatic rings. The third-order valence-corrected chi connectivity index (χ3v) is 3.54. The van der Waals surface area contributed by atoms with E-state index in [0.717, 1.165) is 11.3 Å². The van der Waals surface area contributed by atoms with Gasteiger partial charge in [-0.25, -0.2) is 9.37 Å². The van der Waals surface area contributed by atoms with Crippen molar-refractivity contribution in [2.24, 2.45) is 0 Å². The standard InChI is InChI=1S/C17H15ClFN5/c1-11-8-16(23-13-2-3-15(19)14(18)9-13)24-17(22-11)21-10-12-4-6-20-7-5-12/h2-9H,10H2,1H3,(H2,21,22,23,24). The minimum atomic E-state index is -0.458. The van der Waals surface area contributed by atoms with Crippen LogP contribution in [0, 0.1) is 12.7 Å². The molecule has 1 aromatic carbocycles. The smallest absolute Gasteiger partial charge is 0.225 e. The molecule has 0 radical (unpaired) electrons. The van der Waals surface area contributed by atoms with Gasteiger partial charge in [0.15, 0.2) is 0 Å². The van der Waals surface area contributed by atoms with Gasteiger partial charge in [-0.1, -0.05) is 11.6 Å². The van der Waals surface area contributed by atoms with Crippen molar-refractivity contribution in [3.05, 3.63) is 70.9 Å². The van der Waals surface area contributed by atoms with Gasteiger partial charge in [0, 0.05) is 36.4 Å². The third-order valence-electron chi connectivity index (χ3n) is 3.25. The van der Waals surface area contributed by atoms with Crippen molar-refractivity contribution in [2.45, 2.75) is 13.5 Å². The van der Waals surface area contributed by atoms with Gasteiger partial charge in [-0.3, -0.25) is 4.98 Å². The Bertz CT molecular complexity index is 842. The van der Waals surface area contributed by atoms with E-state index >= 15 is 0 Å². The van der Waals surface area contributed by atoms with Gasteiger partial charge in [-0.2, -0.15) is 4.98 Å². The van der Waals surface area contributed by atoms with E-state index in [2.05, 4.69) is 25.6 Å². The normalized spacial score (nSPS) is 10.5. The lowest BCUT2D eigenvalue weighted by Gasteiger charge is -2.10. The van der Waals surface area contributed by atoms with Crippen molar-refractivity contribution in [2.75, 3.05) is 10.6 Å². The molecule has 2 aromatic heterocycles. The highest BCUT2D eigenvalue weighted by Crippen LogP contribution is 2.22. The topological polar surface area (TPSA) is 62.7 Å². The highest BCUT2D eigenvalue weighted by molar-refractivity contribution is 6.31. The van der Waals surface area contributed by atoms with Gasteiger partial charge in [0.2, 0.25) is 5.95 Å². The summed E-state index contributed by atoms with van der Waals surface area (Å²) in [7, 11) is 0. The Balaban J connectivity index is 1.74. The van der Waals surface area contributed by atoms with E-state index in [-0.39, 0.29) is 5.02 Å². The molecule has 0 aliphatic heterocycles. The molecular weight excluding hydrogens is 329 g/mol. The Kier molecular flexibility index (Phi) is 4.86. The van der Waals surface area contributed by atoms with E-state index in [0.29, 0.717) is 24.0 Å².